The molecule has 0 amide bonds. The molecule has 3 rings (SSSR count). The van der Waals surface area contributed by atoms with Crippen molar-refractivity contribution < 1.29 is 0 Å². The van der Waals surface area contributed by atoms with Crippen molar-refractivity contribution in [2.45, 2.75) is 71.1 Å². The molecule has 0 unspecified atom stereocenters. The van der Waals surface area contributed by atoms with Crippen LogP contribution < -0.4 is 0 Å². The normalized spacial score (nSPS) is 20.9. The van der Waals surface area contributed by atoms with Gasteiger partial charge in [-0.3, -0.25) is 0 Å². The molecule has 0 radical (unpaired) electrons. The molecule has 1 aliphatic carbocycles. The molecule has 0 spiro atoms. The number of rotatable bonds is 6. The first kappa shape index (κ1) is 17.3. The zero-order chi connectivity index (χ0) is 16.8. The minimum atomic E-state index is 0.791. The van der Waals surface area contributed by atoms with Gasteiger partial charge in [0, 0.05) is 0 Å². The third-order valence-corrected chi connectivity index (χ3v) is 5.89. The molecule has 0 aliphatic heterocycles. The fraction of sp³-hybridized carbons (Fsp3) is 0.500. The number of aryl methyl sites for hydroxylation is 1. The zero-order valence-electron chi connectivity index (χ0n) is 15.4. The molecule has 128 valence electrons. The van der Waals surface area contributed by atoms with E-state index in [1.165, 1.54) is 61.6 Å². The molecule has 0 N–H and O–H groups in total. The SMILES string of the molecule is CCCC[C@H]1CC[C@H](c2ccc(-c3ccc(CC)cc3)cc2)CC1. The maximum Gasteiger partial charge on any atom is -0.0162 e. The number of hydrogen-bond donors (Lipinski definition) is 0. The van der Waals surface area contributed by atoms with E-state index in [0.29, 0.717) is 0 Å². The summed E-state index contributed by atoms with van der Waals surface area (Å²) in [5.41, 5.74) is 5.65. The topological polar surface area (TPSA) is 0 Å². The van der Waals surface area contributed by atoms with Crippen molar-refractivity contribution in [2.75, 3.05) is 0 Å². The van der Waals surface area contributed by atoms with Gasteiger partial charge in [0.1, 0.15) is 0 Å². The lowest BCUT2D eigenvalue weighted by molar-refractivity contribution is 0.304. The van der Waals surface area contributed by atoms with Gasteiger partial charge in [-0.1, -0.05) is 81.6 Å². The molecular formula is C24H32. The molecule has 0 bridgehead atoms. The highest BCUT2D eigenvalue weighted by atomic mass is 14.3. The van der Waals surface area contributed by atoms with Gasteiger partial charge >= 0.3 is 0 Å². The van der Waals surface area contributed by atoms with E-state index >= 15 is 0 Å². The second-order valence-electron chi connectivity index (χ2n) is 7.53. The fourth-order valence-electron chi connectivity index (χ4n) is 4.16. The first-order chi connectivity index (χ1) is 11.8. The predicted octanol–water partition coefficient (Wildman–Crippen LogP) is 7.38. The van der Waals surface area contributed by atoms with E-state index in [9.17, 15) is 0 Å². The van der Waals surface area contributed by atoms with Gasteiger partial charge in [-0.2, -0.15) is 0 Å². The van der Waals surface area contributed by atoms with Crippen molar-refractivity contribution in [3.8, 4) is 11.1 Å². The van der Waals surface area contributed by atoms with Gasteiger partial charge in [0.2, 0.25) is 0 Å². The van der Waals surface area contributed by atoms with E-state index in [1.54, 1.807) is 5.56 Å². The van der Waals surface area contributed by atoms with E-state index < -0.39 is 0 Å². The highest BCUT2D eigenvalue weighted by Crippen LogP contribution is 2.38. The largest absolute Gasteiger partial charge is 0.0654 e. The molecule has 0 heteroatoms. The molecule has 0 aromatic heterocycles. The van der Waals surface area contributed by atoms with Crippen LogP contribution >= 0.6 is 0 Å². The van der Waals surface area contributed by atoms with E-state index in [1.807, 2.05) is 0 Å². The average Bonchev–Trinajstić information content (AvgIpc) is 2.67. The molecule has 0 atom stereocenters. The minimum Gasteiger partial charge on any atom is -0.0654 e. The molecule has 24 heavy (non-hydrogen) atoms. The van der Waals surface area contributed by atoms with Gasteiger partial charge in [0.05, 0.1) is 0 Å². The average molecular weight is 321 g/mol. The summed E-state index contributed by atoms with van der Waals surface area (Å²) in [7, 11) is 0. The van der Waals surface area contributed by atoms with Gasteiger partial charge in [0.15, 0.2) is 0 Å². The standard InChI is InChI=1S/C24H32/c1-3-5-6-20-9-13-22(14-10-20)24-17-15-23(16-18-24)21-11-7-19(4-2)8-12-21/h7-8,11-12,15-18,20,22H,3-6,9-10,13-14H2,1-2H3/t20-,22-. The van der Waals surface area contributed by atoms with E-state index in [2.05, 4.69) is 62.4 Å². The van der Waals surface area contributed by atoms with E-state index in [4.69, 9.17) is 0 Å². The molecule has 1 aliphatic rings. The summed E-state index contributed by atoms with van der Waals surface area (Å²) >= 11 is 0. The summed E-state index contributed by atoms with van der Waals surface area (Å²) in [6.45, 7) is 4.52. The Bertz CT molecular complexity index is 597. The summed E-state index contributed by atoms with van der Waals surface area (Å²) in [6, 6.07) is 18.4. The zero-order valence-corrected chi connectivity index (χ0v) is 15.4. The molecule has 0 saturated heterocycles. The second-order valence-corrected chi connectivity index (χ2v) is 7.53. The fourth-order valence-corrected chi connectivity index (χ4v) is 4.16. The van der Waals surface area contributed by atoms with Crippen LogP contribution in [0.1, 0.15) is 75.8 Å². The van der Waals surface area contributed by atoms with Crippen LogP contribution in [0, 0.1) is 5.92 Å². The van der Waals surface area contributed by atoms with Crippen LogP contribution in [-0.4, -0.2) is 0 Å². The summed E-state index contributed by atoms with van der Waals surface area (Å²) in [6.07, 6.45) is 11.0. The molecule has 1 fully saturated rings. The van der Waals surface area contributed by atoms with Crippen LogP contribution in [0.2, 0.25) is 0 Å². The quantitative estimate of drug-likeness (QED) is 0.521. The molecule has 0 nitrogen and oxygen atoms in total. The summed E-state index contributed by atoms with van der Waals surface area (Å²) in [5, 5.41) is 0. The van der Waals surface area contributed by atoms with Crippen molar-refractivity contribution in [2.24, 2.45) is 5.92 Å². The van der Waals surface area contributed by atoms with Crippen molar-refractivity contribution in [1.82, 2.24) is 0 Å². The van der Waals surface area contributed by atoms with Gasteiger partial charge in [0.25, 0.3) is 0 Å². The van der Waals surface area contributed by atoms with Crippen molar-refractivity contribution in [3.63, 3.8) is 0 Å². The van der Waals surface area contributed by atoms with Gasteiger partial charge in [-0.25, -0.2) is 0 Å². The van der Waals surface area contributed by atoms with Crippen molar-refractivity contribution in [1.29, 1.82) is 0 Å². The van der Waals surface area contributed by atoms with E-state index in [0.717, 1.165) is 18.3 Å². The van der Waals surface area contributed by atoms with Crippen LogP contribution in [0.25, 0.3) is 11.1 Å². The van der Waals surface area contributed by atoms with Crippen molar-refractivity contribution >= 4 is 0 Å². The molecule has 1 saturated carbocycles. The van der Waals surface area contributed by atoms with Crippen LogP contribution in [-0.2, 0) is 6.42 Å². The first-order valence-corrected chi connectivity index (χ1v) is 9.99. The molecule has 0 heterocycles. The number of unbranched alkanes of at least 4 members (excludes halogenated alkanes) is 1. The molecular weight excluding hydrogens is 288 g/mol. The second kappa shape index (κ2) is 8.51. The molecule has 2 aromatic carbocycles. The highest BCUT2D eigenvalue weighted by Gasteiger charge is 2.21. The van der Waals surface area contributed by atoms with Gasteiger partial charge in [-0.05, 0) is 66.2 Å². The van der Waals surface area contributed by atoms with Gasteiger partial charge in [-0.15, -0.1) is 0 Å². The van der Waals surface area contributed by atoms with Crippen LogP contribution in [0.4, 0.5) is 0 Å². The Morgan fingerprint density at radius 3 is 1.88 bits per heavy atom. The Kier molecular flexibility index (Phi) is 6.12. The third-order valence-electron chi connectivity index (χ3n) is 5.89. The summed E-state index contributed by atoms with van der Waals surface area (Å²) in [5.74, 6) is 1.79. The Morgan fingerprint density at radius 1 is 0.750 bits per heavy atom. The maximum absolute atomic E-state index is 2.38. The Labute approximate surface area is 148 Å². The van der Waals surface area contributed by atoms with E-state index in [-0.39, 0.29) is 0 Å². The molecule has 2 aromatic rings. The van der Waals surface area contributed by atoms with Crippen LogP contribution in [0.15, 0.2) is 48.5 Å². The Hall–Kier alpha value is -1.56. The monoisotopic (exact) mass is 320 g/mol. The lowest BCUT2D eigenvalue weighted by Crippen LogP contribution is -2.13. The van der Waals surface area contributed by atoms with Gasteiger partial charge < -0.3 is 0 Å². The third kappa shape index (κ3) is 4.29. The first-order valence-electron chi connectivity index (χ1n) is 9.99. The number of benzene rings is 2. The number of hydrogen-bond acceptors (Lipinski definition) is 0. The summed E-state index contributed by atoms with van der Waals surface area (Å²) < 4.78 is 0. The lowest BCUT2D eigenvalue weighted by Gasteiger charge is -2.29. The highest BCUT2D eigenvalue weighted by molar-refractivity contribution is 5.64. The van der Waals surface area contributed by atoms with Crippen LogP contribution in [0.5, 0.6) is 0 Å². The summed E-state index contributed by atoms with van der Waals surface area (Å²) in [4.78, 5) is 0. The Balaban J connectivity index is 1.60. The lowest BCUT2D eigenvalue weighted by atomic mass is 9.77. The predicted molar refractivity (Wildman–Crippen MR) is 105 cm³/mol. The minimum absolute atomic E-state index is 0.791. The smallest absolute Gasteiger partial charge is 0.0162 e. The maximum atomic E-state index is 2.38. The van der Waals surface area contributed by atoms with Crippen LogP contribution in [0.3, 0.4) is 0 Å². The van der Waals surface area contributed by atoms with Crippen molar-refractivity contribution in [3.05, 3.63) is 59.7 Å². The Morgan fingerprint density at radius 2 is 1.33 bits per heavy atom.